The highest BCUT2D eigenvalue weighted by Gasteiger charge is 2.19. The largest absolute Gasteiger partial charge is 0.392 e. The monoisotopic (exact) mass is 289 g/mol. The van der Waals surface area contributed by atoms with Gasteiger partial charge in [-0.2, -0.15) is 0 Å². The van der Waals surface area contributed by atoms with Crippen molar-refractivity contribution in [2.24, 2.45) is 5.92 Å². The molecule has 2 atom stereocenters. The summed E-state index contributed by atoms with van der Waals surface area (Å²) < 4.78 is 0. The van der Waals surface area contributed by atoms with Crippen LogP contribution in [0.5, 0.6) is 0 Å². The zero-order valence-electron chi connectivity index (χ0n) is 14.1. The zero-order valence-corrected chi connectivity index (χ0v) is 14.1. The third kappa shape index (κ3) is 5.12. The fraction of sp³-hybridized carbons (Fsp3) is 0.684. The van der Waals surface area contributed by atoms with E-state index in [-0.39, 0.29) is 11.5 Å². The lowest BCUT2D eigenvalue weighted by Gasteiger charge is -2.32. The number of piperidine rings is 1. The maximum atomic E-state index is 9.75. The Kier molecular flexibility index (Phi) is 5.45. The summed E-state index contributed by atoms with van der Waals surface area (Å²) in [5, 5.41) is 9.75. The number of nitrogens with zero attached hydrogens (tertiary/aromatic N) is 1. The standard InChI is InChI=1S/C19H31NO/c1-15(13-20-11-5-6-18(21)14-20)12-16-7-9-17(10-8-16)19(2,3)4/h7-10,15,18,21H,5-6,11-14H2,1-4H3. The lowest BCUT2D eigenvalue weighted by molar-refractivity contribution is 0.0635. The van der Waals surface area contributed by atoms with Crippen LogP contribution in [0.3, 0.4) is 0 Å². The predicted molar refractivity (Wildman–Crippen MR) is 89.7 cm³/mol. The Morgan fingerprint density at radius 3 is 2.48 bits per heavy atom. The molecule has 0 spiro atoms. The maximum Gasteiger partial charge on any atom is 0.0667 e. The van der Waals surface area contributed by atoms with Crippen LogP contribution in [0, 0.1) is 5.92 Å². The normalized spacial score (nSPS) is 22.2. The zero-order chi connectivity index (χ0) is 15.5. The topological polar surface area (TPSA) is 23.5 Å². The third-order valence-electron chi connectivity index (χ3n) is 4.45. The van der Waals surface area contributed by atoms with E-state index in [0.29, 0.717) is 5.92 Å². The van der Waals surface area contributed by atoms with Crippen LogP contribution in [0.15, 0.2) is 24.3 Å². The first-order valence-corrected chi connectivity index (χ1v) is 8.34. The van der Waals surface area contributed by atoms with Gasteiger partial charge in [-0.15, -0.1) is 0 Å². The summed E-state index contributed by atoms with van der Waals surface area (Å²) in [6, 6.07) is 9.10. The Bertz CT molecular complexity index is 432. The Labute approximate surface area is 130 Å². The Hall–Kier alpha value is -0.860. The lowest BCUT2D eigenvalue weighted by atomic mass is 9.86. The first-order valence-electron chi connectivity index (χ1n) is 8.34. The molecule has 1 aromatic carbocycles. The number of hydrogen-bond donors (Lipinski definition) is 1. The summed E-state index contributed by atoms with van der Waals surface area (Å²) in [7, 11) is 0. The number of aliphatic hydroxyl groups excluding tert-OH is 1. The summed E-state index contributed by atoms with van der Waals surface area (Å²) in [4.78, 5) is 2.42. The molecule has 2 nitrogen and oxygen atoms in total. The Balaban J connectivity index is 1.86. The van der Waals surface area contributed by atoms with E-state index in [4.69, 9.17) is 0 Å². The fourth-order valence-corrected chi connectivity index (χ4v) is 3.25. The van der Waals surface area contributed by atoms with Crippen LogP contribution < -0.4 is 0 Å². The predicted octanol–water partition coefficient (Wildman–Crippen LogP) is 3.62. The van der Waals surface area contributed by atoms with Crippen molar-refractivity contribution in [1.82, 2.24) is 4.90 Å². The van der Waals surface area contributed by atoms with Gasteiger partial charge in [0.05, 0.1) is 6.10 Å². The van der Waals surface area contributed by atoms with Crippen LogP contribution in [-0.2, 0) is 11.8 Å². The summed E-state index contributed by atoms with van der Waals surface area (Å²) >= 11 is 0. The highest BCUT2D eigenvalue weighted by atomic mass is 16.3. The van der Waals surface area contributed by atoms with E-state index in [1.165, 1.54) is 11.1 Å². The highest BCUT2D eigenvalue weighted by molar-refractivity contribution is 5.27. The van der Waals surface area contributed by atoms with Crippen LogP contribution >= 0.6 is 0 Å². The molecule has 0 radical (unpaired) electrons. The molecule has 1 aromatic rings. The minimum Gasteiger partial charge on any atom is -0.392 e. The van der Waals surface area contributed by atoms with E-state index in [9.17, 15) is 5.11 Å². The fourth-order valence-electron chi connectivity index (χ4n) is 3.25. The second-order valence-electron chi connectivity index (χ2n) is 7.81. The molecule has 1 aliphatic rings. The summed E-state index contributed by atoms with van der Waals surface area (Å²) in [6.07, 6.45) is 3.11. The summed E-state index contributed by atoms with van der Waals surface area (Å²) in [5.41, 5.74) is 3.06. The highest BCUT2D eigenvalue weighted by Crippen LogP contribution is 2.23. The molecule has 0 aromatic heterocycles. The van der Waals surface area contributed by atoms with Crippen molar-refractivity contribution in [3.8, 4) is 0 Å². The molecule has 1 heterocycles. The van der Waals surface area contributed by atoms with Gasteiger partial charge < -0.3 is 10.0 Å². The number of benzene rings is 1. The number of likely N-dealkylation sites (tertiary alicyclic amines) is 1. The summed E-state index contributed by atoms with van der Waals surface area (Å²) in [6.45, 7) is 12.2. The second kappa shape index (κ2) is 6.93. The van der Waals surface area contributed by atoms with Gasteiger partial charge in [-0.25, -0.2) is 0 Å². The van der Waals surface area contributed by atoms with Crippen LogP contribution in [-0.4, -0.2) is 35.7 Å². The molecule has 0 aliphatic carbocycles. The molecule has 0 bridgehead atoms. The van der Waals surface area contributed by atoms with E-state index >= 15 is 0 Å². The molecule has 1 N–H and O–H groups in total. The molecule has 1 saturated heterocycles. The van der Waals surface area contributed by atoms with Crippen molar-refractivity contribution in [2.75, 3.05) is 19.6 Å². The van der Waals surface area contributed by atoms with Crippen LogP contribution in [0.1, 0.15) is 51.7 Å². The number of rotatable bonds is 4. The van der Waals surface area contributed by atoms with E-state index in [1.807, 2.05) is 0 Å². The quantitative estimate of drug-likeness (QED) is 0.915. The van der Waals surface area contributed by atoms with Crippen molar-refractivity contribution in [2.45, 2.75) is 58.5 Å². The van der Waals surface area contributed by atoms with E-state index in [1.54, 1.807) is 0 Å². The molecule has 0 saturated carbocycles. The second-order valence-corrected chi connectivity index (χ2v) is 7.81. The van der Waals surface area contributed by atoms with Gasteiger partial charge in [0.25, 0.3) is 0 Å². The Morgan fingerprint density at radius 1 is 1.24 bits per heavy atom. The molecule has 2 unspecified atom stereocenters. The van der Waals surface area contributed by atoms with Crippen molar-refractivity contribution in [3.63, 3.8) is 0 Å². The van der Waals surface area contributed by atoms with Gasteiger partial charge in [-0.05, 0) is 48.3 Å². The molecule has 1 aliphatic heterocycles. The molecule has 2 rings (SSSR count). The van der Waals surface area contributed by atoms with Gasteiger partial charge in [0.1, 0.15) is 0 Å². The minimum absolute atomic E-state index is 0.114. The van der Waals surface area contributed by atoms with E-state index < -0.39 is 0 Å². The summed E-state index contributed by atoms with van der Waals surface area (Å²) in [5.74, 6) is 0.635. The number of hydrogen-bond acceptors (Lipinski definition) is 2. The third-order valence-corrected chi connectivity index (χ3v) is 4.45. The van der Waals surface area contributed by atoms with Gasteiger partial charge >= 0.3 is 0 Å². The van der Waals surface area contributed by atoms with Gasteiger partial charge in [0.2, 0.25) is 0 Å². The maximum absolute atomic E-state index is 9.75. The van der Waals surface area contributed by atoms with E-state index in [2.05, 4.69) is 56.9 Å². The van der Waals surface area contributed by atoms with Gasteiger partial charge in [0.15, 0.2) is 0 Å². The van der Waals surface area contributed by atoms with Crippen LogP contribution in [0.4, 0.5) is 0 Å². The number of aliphatic hydroxyl groups is 1. The molecule has 0 amide bonds. The number of β-amino-alcohol motifs (C(OH)–C–C–N with tert-alkyl or cyclic N) is 1. The Morgan fingerprint density at radius 2 is 1.90 bits per heavy atom. The molecule has 118 valence electrons. The first kappa shape index (κ1) is 16.5. The average Bonchev–Trinajstić information content (AvgIpc) is 2.38. The van der Waals surface area contributed by atoms with Gasteiger partial charge in [-0.1, -0.05) is 52.0 Å². The van der Waals surface area contributed by atoms with Gasteiger partial charge in [-0.3, -0.25) is 0 Å². The van der Waals surface area contributed by atoms with Crippen molar-refractivity contribution < 1.29 is 5.11 Å². The first-order chi connectivity index (χ1) is 9.84. The molecular formula is C19H31NO. The van der Waals surface area contributed by atoms with Gasteiger partial charge in [0, 0.05) is 13.1 Å². The van der Waals surface area contributed by atoms with Crippen molar-refractivity contribution in [3.05, 3.63) is 35.4 Å². The average molecular weight is 289 g/mol. The van der Waals surface area contributed by atoms with Crippen LogP contribution in [0.2, 0.25) is 0 Å². The van der Waals surface area contributed by atoms with Crippen molar-refractivity contribution in [1.29, 1.82) is 0 Å². The molecule has 21 heavy (non-hydrogen) atoms. The van der Waals surface area contributed by atoms with Crippen molar-refractivity contribution >= 4 is 0 Å². The van der Waals surface area contributed by atoms with E-state index in [0.717, 1.165) is 38.9 Å². The lowest BCUT2D eigenvalue weighted by Crippen LogP contribution is -2.40. The molecular weight excluding hydrogens is 258 g/mol. The minimum atomic E-state index is -0.114. The molecule has 2 heteroatoms. The molecule has 1 fully saturated rings. The van der Waals surface area contributed by atoms with Crippen LogP contribution in [0.25, 0.3) is 0 Å². The SMILES string of the molecule is CC(Cc1ccc(C(C)(C)C)cc1)CN1CCCC(O)C1. The smallest absolute Gasteiger partial charge is 0.0667 e.